The molecule has 2 unspecified atom stereocenters. The van der Waals surface area contributed by atoms with Crippen LogP contribution in [0.3, 0.4) is 0 Å². The number of aliphatic carboxylic acids is 2. The van der Waals surface area contributed by atoms with Gasteiger partial charge >= 0.3 is 11.9 Å². The minimum Gasteiger partial charge on any atom is -0.481 e. The van der Waals surface area contributed by atoms with E-state index in [0.717, 1.165) is 12.8 Å². The number of rotatable bonds is 20. The lowest BCUT2D eigenvalue weighted by molar-refractivity contribution is -0.138. The molecule has 7 nitrogen and oxygen atoms in total. The van der Waals surface area contributed by atoms with Crippen LogP contribution in [-0.2, 0) is 14.4 Å². The highest BCUT2D eigenvalue weighted by Gasteiger charge is 2.17. The Morgan fingerprint density at radius 2 is 1.67 bits per heavy atom. The number of amides is 1. The molecule has 0 rings (SSSR count). The molecule has 1 amide bonds. The maximum atomic E-state index is 11.7. The molecule has 8 heteroatoms. The molecular formula is C25H39NO6S. The van der Waals surface area contributed by atoms with Crippen molar-refractivity contribution < 1.29 is 29.7 Å². The van der Waals surface area contributed by atoms with Crippen molar-refractivity contribution in [1.82, 2.24) is 5.32 Å². The molecule has 0 aromatic rings. The van der Waals surface area contributed by atoms with Crippen LogP contribution >= 0.6 is 11.8 Å². The van der Waals surface area contributed by atoms with Gasteiger partial charge in [0.05, 0.1) is 6.10 Å². The molecule has 0 radical (unpaired) electrons. The van der Waals surface area contributed by atoms with Gasteiger partial charge in [-0.3, -0.25) is 14.4 Å². The van der Waals surface area contributed by atoms with Crippen molar-refractivity contribution in [2.45, 2.75) is 76.1 Å². The van der Waals surface area contributed by atoms with Gasteiger partial charge in [-0.1, -0.05) is 68.4 Å². The summed E-state index contributed by atoms with van der Waals surface area (Å²) in [6.45, 7) is 1.77. The van der Waals surface area contributed by atoms with E-state index in [0.29, 0.717) is 18.6 Å². The van der Waals surface area contributed by atoms with Crippen LogP contribution < -0.4 is 5.32 Å². The Balaban J connectivity index is 4.54. The third-order valence-corrected chi connectivity index (χ3v) is 5.83. The fourth-order valence-corrected chi connectivity index (χ4v) is 3.87. The number of thioether (sulfide) groups is 1. The highest BCUT2D eigenvalue weighted by molar-refractivity contribution is 8.00. The summed E-state index contributed by atoms with van der Waals surface area (Å²) in [5.41, 5.74) is 0. The zero-order valence-electron chi connectivity index (χ0n) is 19.5. The number of allylic oxidation sites excluding steroid dienone is 7. The number of nitrogens with one attached hydrogen (secondary N) is 1. The minimum atomic E-state index is -1.10. The molecule has 0 aromatic heterocycles. The Morgan fingerprint density at radius 1 is 0.909 bits per heavy atom. The van der Waals surface area contributed by atoms with E-state index in [4.69, 9.17) is 10.2 Å². The molecule has 0 aliphatic heterocycles. The van der Waals surface area contributed by atoms with Crippen LogP contribution in [0.25, 0.3) is 0 Å². The molecule has 0 aliphatic carbocycles. The molecule has 0 aromatic carbocycles. The van der Waals surface area contributed by atoms with Gasteiger partial charge < -0.3 is 20.6 Å². The lowest BCUT2D eigenvalue weighted by Gasteiger charge is -2.19. The first kappa shape index (κ1) is 30.7. The van der Waals surface area contributed by atoms with Crippen molar-refractivity contribution in [3.05, 3.63) is 48.6 Å². The van der Waals surface area contributed by atoms with Crippen LogP contribution in [0.15, 0.2) is 48.6 Å². The third kappa shape index (κ3) is 21.3. The molecule has 0 fully saturated rings. The zero-order chi connectivity index (χ0) is 24.7. The van der Waals surface area contributed by atoms with Crippen molar-refractivity contribution in [3.63, 3.8) is 0 Å². The average Bonchev–Trinajstić information content (AvgIpc) is 2.76. The molecule has 0 bridgehead atoms. The quantitative estimate of drug-likeness (QED) is 0.115. The van der Waals surface area contributed by atoms with Crippen molar-refractivity contribution in [2.75, 3.05) is 12.3 Å². The van der Waals surface area contributed by atoms with Crippen LogP contribution in [0, 0.1) is 0 Å². The van der Waals surface area contributed by atoms with E-state index in [-0.39, 0.29) is 24.0 Å². The number of carbonyl (C=O) groups excluding carboxylic acids is 1. The lowest BCUT2D eigenvalue weighted by atomic mass is 10.1. The Kier molecular flexibility index (Phi) is 20.0. The van der Waals surface area contributed by atoms with Crippen LogP contribution in [0.2, 0.25) is 0 Å². The maximum absolute atomic E-state index is 11.7. The molecule has 4 N–H and O–H groups in total. The number of carbonyl (C=O) groups is 3. The first-order valence-electron chi connectivity index (χ1n) is 11.5. The number of aliphatic hydroxyl groups is 1. The van der Waals surface area contributed by atoms with Gasteiger partial charge in [-0.05, 0) is 32.1 Å². The highest BCUT2D eigenvalue weighted by Crippen LogP contribution is 2.21. The second kappa shape index (κ2) is 21.5. The number of hydrogen-bond acceptors (Lipinski definition) is 5. The van der Waals surface area contributed by atoms with Crippen LogP contribution in [-0.4, -0.2) is 56.8 Å². The second-order valence-electron chi connectivity index (χ2n) is 7.51. The average molecular weight is 482 g/mol. The van der Waals surface area contributed by atoms with E-state index >= 15 is 0 Å². The lowest BCUT2D eigenvalue weighted by Crippen LogP contribution is -2.30. The van der Waals surface area contributed by atoms with E-state index < -0.39 is 24.6 Å². The van der Waals surface area contributed by atoms with Gasteiger partial charge in [0, 0.05) is 23.8 Å². The van der Waals surface area contributed by atoms with Crippen molar-refractivity contribution >= 4 is 29.6 Å². The van der Waals surface area contributed by atoms with Gasteiger partial charge in [0.2, 0.25) is 5.91 Å². The standard InChI is InChI=1S/C25H39NO6S/c1-2-3-4-5-6-7-8-9-10-11-12-13-16-22(21(27)15-14-17-24(29)30)33-19-18-23(28)26-20-25(31)32/h6-7,9-13,16,21-22,27H,2-5,8,14-15,17-20H2,1H3,(H,26,28)(H,29,30)(H,31,32). The number of carboxylic acids is 2. The molecule has 2 atom stereocenters. The second-order valence-corrected chi connectivity index (χ2v) is 8.80. The maximum Gasteiger partial charge on any atom is 0.322 e. The smallest absolute Gasteiger partial charge is 0.322 e. The number of unbranched alkanes of at least 4 members (excludes halogenated alkanes) is 3. The molecule has 33 heavy (non-hydrogen) atoms. The highest BCUT2D eigenvalue weighted by atomic mass is 32.2. The largest absolute Gasteiger partial charge is 0.481 e. The summed E-state index contributed by atoms with van der Waals surface area (Å²) in [4.78, 5) is 32.9. The SMILES string of the molecule is CCCCCC=CCC=CC=CC=CC(SCCC(=O)NCC(=O)O)C(O)CCCC(=O)O. The first-order valence-corrected chi connectivity index (χ1v) is 12.6. The number of aliphatic hydroxyl groups excluding tert-OH is 1. The predicted octanol–water partition coefficient (Wildman–Crippen LogP) is 4.49. The summed E-state index contributed by atoms with van der Waals surface area (Å²) in [6.07, 6.45) is 21.6. The summed E-state index contributed by atoms with van der Waals surface area (Å²) in [7, 11) is 0. The Labute approximate surface area is 201 Å². The monoisotopic (exact) mass is 481 g/mol. The van der Waals surface area contributed by atoms with Crippen LogP contribution in [0.1, 0.15) is 64.7 Å². The fraction of sp³-hybridized carbons (Fsp3) is 0.560. The van der Waals surface area contributed by atoms with Gasteiger partial charge in [-0.2, -0.15) is 11.8 Å². The van der Waals surface area contributed by atoms with E-state index in [9.17, 15) is 19.5 Å². The summed E-state index contributed by atoms with van der Waals surface area (Å²) < 4.78 is 0. The molecule has 186 valence electrons. The van der Waals surface area contributed by atoms with Gasteiger partial charge in [-0.15, -0.1) is 0 Å². The van der Waals surface area contributed by atoms with Gasteiger partial charge in [0.15, 0.2) is 0 Å². The van der Waals surface area contributed by atoms with Crippen molar-refractivity contribution in [3.8, 4) is 0 Å². The molecule has 0 saturated heterocycles. The van der Waals surface area contributed by atoms with E-state index in [1.54, 1.807) is 0 Å². The van der Waals surface area contributed by atoms with E-state index in [1.807, 2.05) is 30.4 Å². The minimum absolute atomic E-state index is 0.00645. The van der Waals surface area contributed by atoms with Crippen molar-refractivity contribution in [1.29, 1.82) is 0 Å². The van der Waals surface area contributed by atoms with Gasteiger partial charge in [0.25, 0.3) is 0 Å². The number of hydrogen-bond donors (Lipinski definition) is 4. The molecule has 0 aliphatic rings. The van der Waals surface area contributed by atoms with Crippen LogP contribution in [0.4, 0.5) is 0 Å². The van der Waals surface area contributed by atoms with E-state index in [1.165, 1.54) is 31.0 Å². The number of carboxylic acid groups (broad SMARTS) is 2. The first-order chi connectivity index (χ1) is 15.9. The predicted molar refractivity (Wildman–Crippen MR) is 134 cm³/mol. The Bertz CT molecular complexity index is 672. The normalized spacial score (nSPS) is 13.9. The zero-order valence-corrected chi connectivity index (χ0v) is 20.3. The molecular weight excluding hydrogens is 442 g/mol. The van der Waals surface area contributed by atoms with Gasteiger partial charge in [-0.25, -0.2) is 0 Å². The molecule has 0 saturated carbocycles. The van der Waals surface area contributed by atoms with Gasteiger partial charge in [0.1, 0.15) is 6.54 Å². The van der Waals surface area contributed by atoms with Crippen molar-refractivity contribution in [2.24, 2.45) is 0 Å². The van der Waals surface area contributed by atoms with E-state index in [2.05, 4.69) is 30.5 Å². The summed E-state index contributed by atoms with van der Waals surface area (Å²) in [5.74, 6) is -1.96. The molecule has 0 heterocycles. The van der Waals surface area contributed by atoms with Crippen LogP contribution in [0.5, 0.6) is 0 Å². The third-order valence-electron chi connectivity index (χ3n) is 4.53. The summed E-state index contributed by atoms with van der Waals surface area (Å²) in [5, 5.41) is 29.8. The Morgan fingerprint density at radius 3 is 2.36 bits per heavy atom. The summed E-state index contributed by atoms with van der Waals surface area (Å²) in [6, 6.07) is 0. The molecule has 0 spiro atoms. The Hall–Kier alpha value is -2.32. The topological polar surface area (TPSA) is 124 Å². The fourth-order valence-electron chi connectivity index (χ4n) is 2.74. The summed E-state index contributed by atoms with van der Waals surface area (Å²) >= 11 is 1.38.